The van der Waals surface area contributed by atoms with E-state index in [9.17, 15) is 0 Å². The van der Waals surface area contributed by atoms with Crippen LogP contribution in [0.1, 0.15) is 57.5 Å². The number of hydrogen-bond acceptors (Lipinski definition) is 2. The van der Waals surface area contributed by atoms with Crippen molar-refractivity contribution in [2.24, 2.45) is 11.7 Å². The monoisotopic (exact) mass is 259 g/mol. The van der Waals surface area contributed by atoms with Gasteiger partial charge >= 0.3 is 0 Å². The number of hydrogen-bond donors (Lipinski definition) is 1. The largest absolute Gasteiger partial charge is 0.459 e. The van der Waals surface area contributed by atoms with E-state index in [1.54, 1.807) is 0 Å². The summed E-state index contributed by atoms with van der Waals surface area (Å²) >= 11 is 0. The maximum Gasteiger partial charge on any atom is 0.137 e. The van der Waals surface area contributed by atoms with E-state index in [0.29, 0.717) is 5.92 Å². The van der Waals surface area contributed by atoms with Crippen LogP contribution in [0.25, 0.3) is 11.0 Å². The number of nitrogens with two attached hydrogens (primary N) is 1. The lowest BCUT2D eigenvalue weighted by Crippen LogP contribution is -2.15. The molecule has 0 saturated heterocycles. The Morgan fingerprint density at radius 3 is 2.26 bits per heavy atom. The Labute approximate surface area is 116 Å². The van der Waals surface area contributed by atoms with E-state index in [-0.39, 0.29) is 11.5 Å². The molecule has 0 spiro atoms. The van der Waals surface area contributed by atoms with Crippen molar-refractivity contribution >= 4 is 11.0 Å². The molecule has 0 bridgehead atoms. The van der Waals surface area contributed by atoms with E-state index in [4.69, 9.17) is 10.2 Å². The fourth-order valence-corrected chi connectivity index (χ4v) is 2.27. The highest BCUT2D eigenvalue weighted by atomic mass is 16.3. The van der Waals surface area contributed by atoms with E-state index < -0.39 is 0 Å². The van der Waals surface area contributed by atoms with Crippen molar-refractivity contribution in [3.8, 4) is 0 Å². The minimum absolute atomic E-state index is 0.0371. The molecule has 0 aliphatic rings. The lowest BCUT2D eigenvalue weighted by molar-refractivity contribution is 0.418. The predicted octanol–water partition coefficient (Wildman–Crippen LogP) is 4.69. The fraction of sp³-hybridized carbons (Fsp3) is 0.529. The van der Waals surface area contributed by atoms with Gasteiger partial charge in [0.25, 0.3) is 0 Å². The number of rotatable bonds is 2. The molecule has 1 aromatic heterocycles. The summed E-state index contributed by atoms with van der Waals surface area (Å²) < 4.78 is 5.96. The van der Waals surface area contributed by atoms with Crippen molar-refractivity contribution in [1.29, 1.82) is 0 Å². The Hall–Kier alpha value is -1.28. The molecule has 0 aliphatic carbocycles. The van der Waals surface area contributed by atoms with Crippen LogP contribution in [0.4, 0.5) is 0 Å². The minimum atomic E-state index is -0.0371. The third-order valence-corrected chi connectivity index (χ3v) is 3.73. The highest BCUT2D eigenvalue weighted by Gasteiger charge is 2.19. The second-order valence-corrected chi connectivity index (χ2v) is 6.88. The highest BCUT2D eigenvalue weighted by Crippen LogP contribution is 2.33. The van der Waals surface area contributed by atoms with Gasteiger partial charge in [0, 0.05) is 5.39 Å². The first-order chi connectivity index (χ1) is 8.70. The van der Waals surface area contributed by atoms with Crippen LogP contribution < -0.4 is 5.73 Å². The van der Waals surface area contributed by atoms with Gasteiger partial charge in [-0.05, 0) is 41.5 Å². The van der Waals surface area contributed by atoms with Crippen LogP contribution in [0.3, 0.4) is 0 Å². The molecule has 104 valence electrons. The van der Waals surface area contributed by atoms with Gasteiger partial charge in [-0.25, -0.2) is 0 Å². The topological polar surface area (TPSA) is 39.2 Å². The summed E-state index contributed by atoms with van der Waals surface area (Å²) in [6, 6.07) is 6.51. The lowest BCUT2D eigenvalue weighted by atomic mass is 9.85. The first-order valence-corrected chi connectivity index (χ1v) is 7.00. The first kappa shape index (κ1) is 14.1. The smallest absolute Gasteiger partial charge is 0.137 e. The Morgan fingerprint density at radius 1 is 1.11 bits per heavy atom. The van der Waals surface area contributed by atoms with E-state index in [2.05, 4.69) is 59.7 Å². The number of furan rings is 1. The molecule has 0 radical (unpaired) electrons. The molecule has 2 heteroatoms. The minimum Gasteiger partial charge on any atom is -0.459 e. The summed E-state index contributed by atoms with van der Waals surface area (Å²) in [4.78, 5) is 0. The second-order valence-electron chi connectivity index (χ2n) is 6.88. The quantitative estimate of drug-likeness (QED) is 0.849. The van der Waals surface area contributed by atoms with Crippen molar-refractivity contribution in [3.05, 3.63) is 35.1 Å². The Balaban J connectivity index is 2.57. The zero-order valence-electron chi connectivity index (χ0n) is 12.9. The van der Waals surface area contributed by atoms with Crippen LogP contribution in [-0.4, -0.2) is 0 Å². The number of fused-ring (bicyclic) bond motifs is 1. The Kier molecular flexibility index (Phi) is 3.48. The molecule has 2 aromatic rings. The normalized spacial score (nSPS) is 14.3. The fourth-order valence-electron chi connectivity index (χ4n) is 2.27. The van der Waals surface area contributed by atoms with Crippen molar-refractivity contribution < 1.29 is 4.42 Å². The zero-order valence-corrected chi connectivity index (χ0v) is 12.9. The van der Waals surface area contributed by atoms with Crippen LogP contribution in [0, 0.1) is 12.8 Å². The van der Waals surface area contributed by atoms with Gasteiger partial charge in [-0.2, -0.15) is 0 Å². The molecule has 1 atom stereocenters. The summed E-state index contributed by atoms with van der Waals surface area (Å²) in [5, 5.41) is 1.16. The zero-order chi connectivity index (χ0) is 14.4. The molecule has 1 aromatic carbocycles. The molecule has 1 unspecified atom stereocenters. The third kappa shape index (κ3) is 2.69. The molecule has 0 fully saturated rings. The standard InChI is InChI=1S/C17H25NO/c1-10(2)15(18)14-9-12-8-13(17(4,5)6)7-11(3)16(12)19-14/h7-10,15H,18H2,1-6H3. The second kappa shape index (κ2) is 4.68. The highest BCUT2D eigenvalue weighted by molar-refractivity contribution is 5.82. The SMILES string of the molecule is Cc1cc(C(C)(C)C)cc2cc(C(N)C(C)C)oc12. The molecule has 0 aliphatic heterocycles. The summed E-state index contributed by atoms with van der Waals surface area (Å²) in [6.45, 7) is 13.0. The number of aryl methyl sites for hydroxylation is 1. The van der Waals surface area contributed by atoms with Crippen molar-refractivity contribution in [3.63, 3.8) is 0 Å². The van der Waals surface area contributed by atoms with Crippen LogP contribution in [0.2, 0.25) is 0 Å². The van der Waals surface area contributed by atoms with Gasteiger partial charge in [0.1, 0.15) is 11.3 Å². The predicted molar refractivity (Wildman–Crippen MR) is 81.4 cm³/mol. The molecule has 19 heavy (non-hydrogen) atoms. The van der Waals surface area contributed by atoms with E-state index in [0.717, 1.165) is 16.7 Å². The van der Waals surface area contributed by atoms with Crippen LogP contribution in [-0.2, 0) is 5.41 Å². The molecule has 2 rings (SSSR count). The van der Waals surface area contributed by atoms with E-state index >= 15 is 0 Å². The van der Waals surface area contributed by atoms with E-state index in [1.165, 1.54) is 11.1 Å². The van der Waals surface area contributed by atoms with Crippen LogP contribution in [0.5, 0.6) is 0 Å². The summed E-state index contributed by atoms with van der Waals surface area (Å²) in [5.74, 6) is 1.27. The van der Waals surface area contributed by atoms with Gasteiger partial charge in [-0.3, -0.25) is 0 Å². The summed E-state index contributed by atoms with van der Waals surface area (Å²) in [5.41, 5.74) is 9.82. The Bertz CT molecular complexity index is 587. The van der Waals surface area contributed by atoms with Crippen LogP contribution >= 0.6 is 0 Å². The van der Waals surface area contributed by atoms with Crippen molar-refractivity contribution in [2.45, 2.75) is 53.0 Å². The lowest BCUT2D eigenvalue weighted by Gasteiger charge is -2.19. The average molecular weight is 259 g/mol. The number of benzene rings is 1. The maximum absolute atomic E-state index is 6.18. The summed E-state index contributed by atoms with van der Waals surface area (Å²) in [7, 11) is 0. The molecule has 2 N–H and O–H groups in total. The van der Waals surface area contributed by atoms with Gasteiger partial charge < -0.3 is 10.2 Å². The molecular weight excluding hydrogens is 234 g/mol. The van der Waals surface area contributed by atoms with Crippen LogP contribution in [0.15, 0.2) is 22.6 Å². The van der Waals surface area contributed by atoms with Gasteiger partial charge in [-0.1, -0.05) is 40.7 Å². The van der Waals surface area contributed by atoms with E-state index in [1.807, 2.05) is 0 Å². The Morgan fingerprint density at radius 2 is 1.74 bits per heavy atom. The van der Waals surface area contributed by atoms with Gasteiger partial charge in [0.15, 0.2) is 0 Å². The molecule has 2 nitrogen and oxygen atoms in total. The molecule has 0 amide bonds. The van der Waals surface area contributed by atoms with Gasteiger partial charge in [0.2, 0.25) is 0 Å². The first-order valence-electron chi connectivity index (χ1n) is 7.00. The van der Waals surface area contributed by atoms with Crippen molar-refractivity contribution in [1.82, 2.24) is 0 Å². The third-order valence-electron chi connectivity index (χ3n) is 3.73. The maximum atomic E-state index is 6.18. The van der Waals surface area contributed by atoms with Gasteiger partial charge in [-0.15, -0.1) is 0 Å². The molecular formula is C17H25NO. The molecule has 0 saturated carbocycles. The molecule has 1 heterocycles. The summed E-state index contributed by atoms with van der Waals surface area (Å²) in [6.07, 6.45) is 0. The van der Waals surface area contributed by atoms with Gasteiger partial charge in [0.05, 0.1) is 6.04 Å². The van der Waals surface area contributed by atoms with Crippen molar-refractivity contribution in [2.75, 3.05) is 0 Å². The average Bonchev–Trinajstić information content (AvgIpc) is 2.70.